The van der Waals surface area contributed by atoms with E-state index in [0.717, 1.165) is 12.1 Å². The van der Waals surface area contributed by atoms with Gasteiger partial charge >= 0.3 is 6.18 Å². The van der Waals surface area contributed by atoms with Crippen LogP contribution in [0.15, 0.2) is 24.3 Å². The standard InChI is InChI=1S/C10H12F3NO/c1-7(14)6-15-9-4-2-8(3-5-9)10(11,12)13/h2-5,7H,6,14H2,1H3. The minimum absolute atomic E-state index is 0.146. The molecule has 0 aromatic heterocycles. The lowest BCUT2D eigenvalue weighted by atomic mass is 10.2. The van der Waals surface area contributed by atoms with Crippen LogP contribution in [0.1, 0.15) is 12.5 Å². The summed E-state index contributed by atoms with van der Waals surface area (Å²) in [5.74, 6) is 0.389. The second kappa shape index (κ2) is 4.53. The molecule has 1 atom stereocenters. The van der Waals surface area contributed by atoms with Crippen LogP contribution >= 0.6 is 0 Å². The first-order valence-electron chi connectivity index (χ1n) is 4.45. The fraction of sp³-hybridized carbons (Fsp3) is 0.400. The molecule has 0 bridgehead atoms. The van der Waals surface area contributed by atoms with E-state index in [4.69, 9.17) is 10.5 Å². The van der Waals surface area contributed by atoms with Gasteiger partial charge in [0.15, 0.2) is 0 Å². The van der Waals surface area contributed by atoms with Crippen LogP contribution < -0.4 is 10.5 Å². The molecular weight excluding hydrogens is 207 g/mol. The smallest absolute Gasteiger partial charge is 0.416 e. The topological polar surface area (TPSA) is 35.2 Å². The molecule has 1 unspecified atom stereocenters. The molecule has 15 heavy (non-hydrogen) atoms. The van der Waals surface area contributed by atoms with Crippen LogP contribution in [0, 0.1) is 0 Å². The average molecular weight is 219 g/mol. The van der Waals surface area contributed by atoms with Crippen molar-refractivity contribution in [2.24, 2.45) is 5.73 Å². The van der Waals surface area contributed by atoms with E-state index in [0.29, 0.717) is 5.75 Å². The molecule has 1 rings (SSSR count). The predicted molar refractivity (Wildman–Crippen MR) is 50.6 cm³/mol. The Bertz CT molecular complexity index is 305. The first-order chi connectivity index (χ1) is 6.89. The Hall–Kier alpha value is -1.23. The molecular formula is C10H12F3NO. The first kappa shape index (κ1) is 11.8. The number of benzene rings is 1. The fourth-order valence-electron chi connectivity index (χ4n) is 0.968. The third kappa shape index (κ3) is 3.79. The first-order valence-corrected chi connectivity index (χ1v) is 4.45. The summed E-state index contributed by atoms with van der Waals surface area (Å²) in [5, 5.41) is 0. The molecule has 1 aromatic rings. The van der Waals surface area contributed by atoms with Crippen molar-refractivity contribution >= 4 is 0 Å². The highest BCUT2D eigenvalue weighted by Gasteiger charge is 2.29. The van der Waals surface area contributed by atoms with Gasteiger partial charge in [0.25, 0.3) is 0 Å². The lowest BCUT2D eigenvalue weighted by Gasteiger charge is -2.10. The van der Waals surface area contributed by atoms with Crippen molar-refractivity contribution in [3.8, 4) is 5.75 Å². The Kier molecular flexibility index (Phi) is 3.57. The summed E-state index contributed by atoms with van der Waals surface area (Å²) >= 11 is 0. The molecule has 84 valence electrons. The largest absolute Gasteiger partial charge is 0.492 e. The average Bonchev–Trinajstić information content (AvgIpc) is 2.14. The SMILES string of the molecule is CC(N)COc1ccc(C(F)(F)F)cc1. The summed E-state index contributed by atoms with van der Waals surface area (Å²) in [7, 11) is 0. The Labute approximate surface area is 85.8 Å². The summed E-state index contributed by atoms with van der Waals surface area (Å²) in [4.78, 5) is 0. The monoisotopic (exact) mass is 219 g/mol. The molecule has 0 radical (unpaired) electrons. The molecule has 2 N–H and O–H groups in total. The quantitative estimate of drug-likeness (QED) is 0.847. The highest BCUT2D eigenvalue weighted by Crippen LogP contribution is 2.30. The number of ether oxygens (including phenoxy) is 1. The molecule has 0 fully saturated rings. The second-order valence-corrected chi connectivity index (χ2v) is 3.31. The molecule has 5 heteroatoms. The number of hydrogen-bond donors (Lipinski definition) is 1. The van der Waals surface area contributed by atoms with E-state index in [2.05, 4.69) is 0 Å². The maximum Gasteiger partial charge on any atom is 0.416 e. The Morgan fingerprint density at radius 3 is 2.20 bits per heavy atom. The number of rotatable bonds is 3. The van der Waals surface area contributed by atoms with Crippen LogP contribution in [-0.4, -0.2) is 12.6 Å². The van der Waals surface area contributed by atoms with E-state index in [1.165, 1.54) is 12.1 Å². The third-order valence-electron chi connectivity index (χ3n) is 1.69. The van der Waals surface area contributed by atoms with E-state index < -0.39 is 11.7 Å². The van der Waals surface area contributed by atoms with Crippen molar-refractivity contribution in [1.82, 2.24) is 0 Å². The van der Waals surface area contributed by atoms with E-state index in [1.807, 2.05) is 0 Å². The maximum absolute atomic E-state index is 12.2. The highest BCUT2D eigenvalue weighted by molar-refractivity contribution is 5.28. The number of halogens is 3. The van der Waals surface area contributed by atoms with Gasteiger partial charge in [-0.3, -0.25) is 0 Å². The fourth-order valence-corrected chi connectivity index (χ4v) is 0.968. The van der Waals surface area contributed by atoms with Gasteiger partial charge in [0, 0.05) is 6.04 Å². The van der Waals surface area contributed by atoms with Crippen molar-refractivity contribution in [2.45, 2.75) is 19.1 Å². The molecule has 1 aromatic carbocycles. The molecule has 0 saturated carbocycles. The van der Waals surface area contributed by atoms with Gasteiger partial charge in [-0.05, 0) is 31.2 Å². The van der Waals surface area contributed by atoms with Gasteiger partial charge in [-0.15, -0.1) is 0 Å². The van der Waals surface area contributed by atoms with Gasteiger partial charge in [-0.2, -0.15) is 13.2 Å². The molecule has 0 spiro atoms. The molecule has 0 heterocycles. The summed E-state index contributed by atoms with van der Waals surface area (Å²) in [6.07, 6.45) is -4.31. The van der Waals surface area contributed by atoms with Gasteiger partial charge in [0.05, 0.1) is 5.56 Å². The van der Waals surface area contributed by atoms with Crippen LogP contribution in [0.25, 0.3) is 0 Å². The van der Waals surface area contributed by atoms with Crippen molar-refractivity contribution in [1.29, 1.82) is 0 Å². The predicted octanol–water partition coefficient (Wildman–Crippen LogP) is 2.43. The summed E-state index contributed by atoms with van der Waals surface area (Å²) in [5.41, 5.74) is 4.75. The van der Waals surface area contributed by atoms with E-state index in [-0.39, 0.29) is 12.6 Å². The van der Waals surface area contributed by atoms with Gasteiger partial charge in [0.1, 0.15) is 12.4 Å². The van der Waals surface area contributed by atoms with Crippen molar-refractivity contribution < 1.29 is 17.9 Å². The molecule has 0 aliphatic rings. The Morgan fingerprint density at radius 2 is 1.80 bits per heavy atom. The lowest BCUT2D eigenvalue weighted by Crippen LogP contribution is -2.23. The zero-order valence-corrected chi connectivity index (χ0v) is 8.21. The van der Waals surface area contributed by atoms with E-state index >= 15 is 0 Å². The minimum Gasteiger partial charge on any atom is -0.492 e. The Balaban J connectivity index is 2.65. The lowest BCUT2D eigenvalue weighted by molar-refractivity contribution is -0.137. The van der Waals surface area contributed by atoms with Crippen LogP contribution in [0.3, 0.4) is 0 Å². The van der Waals surface area contributed by atoms with Crippen molar-refractivity contribution in [3.63, 3.8) is 0 Å². The number of nitrogens with two attached hydrogens (primary N) is 1. The van der Waals surface area contributed by atoms with Crippen LogP contribution in [0.5, 0.6) is 5.75 Å². The Morgan fingerprint density at radius 1 is 1.27 bits per heavy atom. The molecule has 0 aliphatic carbocycles. The maximum atomic E-state index is 12.2. The van der Waals surface area contributed by atoms with Crippen LogP contribution in [0.2, 0.25) is 0 Å². The van der Waals surface area contributed by atoms with Gasteiger partial charge < -0.3 is 10.5 Å². The van der Waals surface area contributed by atoms with Crippen LogP contribution in [-0.2, 0) is 6.18 Å². The van der Waals surface area contributed by atoms with Gasteiger partial charge in [-0.25, -0.2) is 0 Å². The van der Waals surface area contributed by atoms with Crippen LogP contribution in [0.4, 0.5) is 13.2 Å². The van der Waals surface area contributed by atoms with Crippen molar-refractivity contribution in [2.75, 3.05) is 6.61 Å². The molecule has 2 nitrogen and oxygen atoms in total. The van der Waals surface area contributed by atoms with Crippen molar-refractivity contribution in [3.05, 3.63) is 29.8 Å². The normalized spacial score (nSPS) is 13.7. The second-order valence-electron chi connectivity index (χ2n) is 3.31. The molecule has 0 amide bonds. The summed E-state index contributed by atoms with van der Waals surface area (Å²) in [6.45, 7) is 2.04. The molecule has 0 aliphatic heterocycles. The summed E-state index contributed by atoms with van der Waals surface area (Å²) < 4.78 is 41.7. The zero-order chi connectivity index (χ0) is 11.5. The highest BCUT2D eigenvalue weighted by atomic mass is 19.4. The third-order valence-corrected chi connectivity index (χ3v) is 1.69. The van der Waals surface area contributed by atoms with Gasteiger partial charge in [0.2, 0.25) is 0 Å². The molecule has 0 saturated heterocycles. The van der Waals surface area contributed by atoms with E-state index in [9.17, 15) is 13.2 Å². The number of alkyl halides is 3. The van der Waals surface area contributed by atoms with E-state index in [1.54, 1.807) is 6.92 Å². The minimum atomic E-state index is -4.31. The zero-order valence-electron chi connectivity index (χ0n) is 8.21. The number of hydrogen-bond acceptors (Lipinski definition) is 2. The van der Waals surface area contributed by atoms with Gasteiger partial charge in [-0.1, -0.05) is 0 Å². The summed E-state index contributed by atoms with van der Waals surface area (Å²) in [6, 6.07) is 4.39.